The Hall–Kier alpha value is -2.22. The van der Waals surface area contributed by atoms with Crippen LogP contribution >= 0.6 is 0 Å². The lowest BCUT2D eigenvalue weighted by atomic mass is 9.89. The van der Waals surface area contributed by atoms with Crippen LogP contribution in [0.3, 0.4) is 0 Å². The maximum atomic E-state index is 5.38. The number of ether oxygens (including phenoxy) is 1. The van der Waals surface area contributed by atoms with Crippen molar-refractivity contribution in [3.63, 3.8) is 0 Å². The quantitative estimate of drug-likeness (QED) is 0.648. The Morgan fingerprint density at radius 3 is 2.75 bits per heavy atom. The molecular weight excluding hydrogens is 246 g/mol. The summed E-state index contributed by atoms with van der Waals surface area (Å²) in [6, 6.07) is 15.1. The van der Waals surface area contributed by atoms with E-state index in [2.05, 4.69) is 48.0 Å². The van der Waals surface area contributed by atoms with Crippen LogP contribution in [-0.2, 0) is 19.9 Å². The molecule has 0 radical (unpaired) electrons. The van der Waals surface area contributed by atoms with Gasteiger partial charge in [0.2, 0.25) is 0 Å². The van der Waals surface area contributed by atoms with Crippen molar-refractivity contribution in [1.82, 2.24) is 4.57 Å². The molecule has 0 fully saturated rings. The van der Waals surface area contributed by atoms with Crippen molar-refractivity contribution in [2.75, 3.05) is 7.11 Å². The molecule has 0 saturated heterocycles. The summed E-state index contributed by atoms with van der Waals surface area (Å²) in [5, 5.41) is 1.33. The minimum absolute atomic E-state index is 0.935. The number of nitrogens with zero attached hydrogens (tertiary/aromatic N) is 1. The summed E-state index contributed by atoms with van der Waals surface area (Å²) in [6.45, 7) is 0. The van der Waals surface area contributed by atoms with E-state index < -0.39 is 0 Å². The van der Waals surface area contributed by atoms with E-state index in [1.807, 2.05) is 6.07 Å². The van der Waals surface area contributed by atoms with E-state index in [4.69, 9.17) is 4.74 Å². The Labute approximate surface area is 118 Å². The summed E-state index contributed by atoms with van der Waals surface area (Å²) in [4.78, 5) is 0. The fraction of sp³-hybridized carbons (Fsp3) is 0.222. The molecule has 0 atom stereocenters. The number of hydrogen-bond acceptors (Lipinski definition) is 1. The second-order valence-electron chi connectivity index (χ2n) is 5.43. The number of hydrogen-bond donors (Lipinski definition) is 0. The summed E-state index contributed by atoms with van der Waals surface area (Å²) in [5.41, 5.74) is 6.95. The van der Waals surface area contributed by atoms with E-state index in [-0.39, 0.29) is 0 Å². The maximum absolute atomic E-state index is 5.38. The zero-order chi connectivity index (χ0) is 13.7. The molecule has 2 nitrogen and oxygen atoms in total. The lowest BCUT2D eigenvalue weighted by molar-refractivity contribution is 0.415. The zero-order valence-electron chi connectivity index (χ0n) is 11.8. The molecule has 100 valence electrons. The van der Waals surface area contributed by atoms with E-state index in [1.54, 1.807) is 7.11 Å². The third kappa shape index (κ3) is 1.45. The minimum Gasteiger partial charge on any atom is -0.497 e. The Morgan fingerprint density at radius 1 is 1.05 bits per heavy atom. The number of methoxy groups -OCH3 is 1. The van der Waals surface area contributed by atoms with Gasteiger partial charge in [0.25, 0.3) is 0 Å². The van der Waals surface area contributed by atoms with Crippen LogP contribution in [0.15, 0.2) is 42.5 Å². The van der Waals surface area contributed by atoms with Gasteiger partial charge in [0.1, 0.15) is 5.75 Å². The van der Waals surface area contributed by atoms with Crippen molar-refractivity contribution in [2.24, 2.45) is 7.05 Å². The van der Waals surface area contributed by atoms with Gasteiger partial charge in [0, 0.05) is 23.5 Å². The molecule has 20 heavy (non-hydrogen) atoms. The van der Waals surface area contributed by atoms with E-state index >= 15 is 0 Å². The Morgan fingerprint density at radius 2 is 1.90 bits per heavy atom. The van der Waals surface area contributed by atoms with Crippen LogP contribution in [0.25, 0.3) is 22.2 Å². The van der Waals surface area contributed by atoms with Crippen molar-refractivity contribution < 1.29 is 4.74 Å². The molecule has 3 aromatic rings. The first kappa shape index (κ1) is 11.6. The van der Waals surface area contributed by atoms with E-state index in [1.165, 1.54) is 33.3 Å². The molecule has 0 unspecified atom stereocenters. The van der Waals surface area contributed by atoms with E-state index in [0.29, 0.717) is 0 Å². The summed E-state index contributed by atoms with van der Waals surface area (Å²) in [7, 11) is 3.89. The summed E-state index contributed by atoms with van der Waals surface area (Å²) in [5.74, 6) is 0.935. The second-order valence-corrected chi connectivity index (χ2v) is 5.43. The monoisotopic (exact) mass is 263 g/mol. The van der Waals surface area contributed by atoms with Gasteiger partial charge in [-0.2, -0.15) is 0 Å². The third-order valence-corrected chi connectivity index (χ3v) is 4.43. The third-order valence-electron chi connectivity index (χ3n) is 4.43. The van der Waals surface area contributed by atoms with Gasteiger partial charge < -0.3 is 9.30 Å². The van der Waals surface area contributed by atoms with Gasteiger partial charge in [-0.3, -0.25) is 0 Å². The molecule has 0 N–H and O–H groups in total. The van der Waals surface area contributed by atoms with Gasteiger partial charge in [-0.15, -0.1) is 0 Å². The molecule has 0 saturated carbocycles. The van der Waals surface area contributed by atoms with Crippen molar-refractivity contribution in [2.45, 2.75) is 12.8 Å². The number of benzene rings is 2. The Balaban J connectivity index is 2.09. The van der Waals surface area contributed by atoms with Crippen LogP contribution < -0.4 is 4.74 Å². The first-order valence-electron chi connectivity index (χ1n) is 7.03. The predicted molar refractivity (Wildman–Crippen MR) is 82.3 cm³/mol. The average Bonchev–Trinajstić information content (AvgIpc) is 2.80. The fourth-order valence-electron chi connectivity index (χ4n) is 3.45. The molecule has 1 aliphatic carbocycles. The molecular formula is C18H17NO. The van der Waals surface area contributed by atoms with Gasteiger partial charge in [-0.25, -0.2) is 0 Å². The summed E-state index contributed by atoms with van der Waals surface area (Å²) in [6.07, 6.45) is 2.23. The highest BCUT2D eigenvalue weighted by Crippen LogP contribution is 2.40. The van der Waals surface area contributed by atoms with Crippen LogP contribution in [0, 0.1) is 0 Å². The molecule has 1 aliphatic rings. The van der Waals surface area contributed by atoms with Crippen molar-refractivity contribution in [3.8, 4) is 17.0 Å². The van der Waals surface area contributed by atoms with Gasteiger partial charge in [-0.05, 0) is 42.2 Å². The van der Waals surface area contributed by atoms with Crippen molar-refractivity contribution in [3.05, 3.63) is 53.6 Å². The molecule has 0 bridgehead atoms. The van der Waals surface area contributed by atoms with Crippen LogP contribution in [0.1, 0.15) is 11.1 Å². The molecule has 0 spiro atoms. The molecule has 1 aromatic heterocycles. The molecule has 1 heterocycles. The van der Waals surface area contributed by atoms with Crippen LogP contribution in [0.2, 0.25) is 0 Å². The largest absolute Gasteiger partial charge is 0.497 e. The highest BCUT2D eigenvalue weighted by atomic mass is 16.5. The summed E-state index contributed by atoms with van der Waals surface area (Å²) >= 11 is 0. The Kier molecular flexibility index (Phi) is 2.40. The zero-order valence-corrected chi connectivity index (χ0v) is 11.8. The smallest absolute Gasteiger partial charge is 0.119 e. The second kappa shape index (κ2) is 4.14. The lowest BCUT2D eigenvalue weighted by Crippen LogP contribution is -2.05. The van der Waals surface area contributed by atoms with E-state index in [9.17, 15) is 0 Å². The molecule has 4 rings (SSSR count). The van der Waals surface area contributed by atoms with Gasteiger partial charge in [-0.1, -0.05) is 24.3 Å². The van der Waals surface area contributed by atoms with Crippen LogP contribution in [-0.4, -0.2) is 11.7 Å². The molecule has 2 heteroatoms. The van der Waals surface area contributed by atoms with Gasteiger partial charge in [0.05, 0.1) is 12.8 Å². The van der Waals surface area contributed by atoms with Gasteiger partial charge in [0.15, 0.2) is 0 Å². The summed E-state index contributed by atoms with van der Waals surface area (Å²) < 4.78 is 7.70. The number of aryl methyl sites for hydroxylation is 3. The first-order chi connectivity index (χ1) is 9.79. The van der Waals surface area contributed by atoms with Crippen LogP contribution in [0.5, 0.6) is 5.75 Å². The van der Waals surface area contributed by atoms with Gasteiger partial charge >= 0.3 is 0 Å². The van der Waals surface area contributed by atoms with Crippen molar-refractivity contribution >= 4 is 10.9 Å². The number of aromatic nitrogens is 1. The standard InChI is InChI=1S/C18H17NO/c1-19-17-10-8-13(20-2)11-16(17)15-9-7-12-5-3-4-6-14(12)18(15)19/h3-6,8,10-11H,7,9H2,1-2H3. The van der Waals surface area contributed by atoms with Crippen molar-refractivity contribution in [1.29, 1.82) is 0 Å². The average molecular weight is 263 g/mol. The highest BCUT2D eigenvalue weighted by molar-refractivity contribution is 5.94. The number of rotatable bonds is 1. The number of fused-ring (bicyclic) bond motifs is 5. The Bertz CT molecular complexity index is 814. The normalized spacial score (nSPS) is 13.1. The predicted octanol–water partition coefficient (Wildman–Crippen LogP) is 3.95. The topological polar surface area (TPSA) is 14.2 Å². The van der Waals surface area contributed by atoms with Crippen LogP contribution in [0.4, 0.5) is 0 Å². The van der Waals surface area contributed by atoms with E-state index in [0.717, 1.165) is 18.6 Å². The fourth-order valence-corrected chi connectivity index (χ4v) is 3.45. The lowest BCUT2D eigenvalue weighted by Gasteiger charge is -2.18. The first-order valence-corrected chi connectivity index (χ1v) is 7.03. The highest BCUT2D eigenvalue weighted by Gasteiger charge is 2.22. The molecule has 2 aromatic carbocycles. The SMILES string of the molecule is COc1ccc2c(c1)c1c(n2C)-c2ccccc2CC1. The molecule has 0 aliphatic heterocycles. The minimum atomic E-state index is 0.935. The maximum Gasteiger partial charge on any atom is 0.119 e. The molecule has 0 amide bonds.